The second kappa shape index (κ2) is 2.84. The van der Waals surface area contributed by atoms with Crippen LogP contribution in [0.5, 0.6) is 0 Å². The lowest BCUT2D eigenvalue weighted by Crippen LogP contribution is -1.72. The van der Waals surface area contributed by atoms with E-state index in [1.165, 1.54) is 5.56 Å². The van der Waals surface area contributed by atoms with Gasteiger partial charge >= 0.3 is 0 Å². The maximum atomic E-state index is 3.37. The molecule has 1 aromatic rings. The third-order valence-electron chi connectivity index (χ3n) is 0.991. The van der Waals surface area contributed by atoms with Gasteiger partial charge in [-0.1, -0.05) is 6.07 Å². The first-order valence-electron chi connectivity index (χ1n) is 2.53. The van der Waals surface area contributed by atoms with Crippen LogP contribution in [0.3, 0.4) is 0 Å². The molecule has 0 fully saturated rings. The normalized spacial score (nSPS) is 9.67. The Morgan fingerprint density at radius 2 is 2.11 bits per heavy atom. The van der Waals surface area contributed by atoms with Crippen molar-refractivity contribution >= 4 is 31.9 Å². The summed E-state index contributed by atoms with van der Waals surface area (Å²) in [4.78, 5) is 0. The molecule has 0 saturated carbocycles. The van der Waals surface area contributed by atoms with Gasteiger partial charge in [0, 0.05) is 8.95 Å². The monoisotopic (exact) mass is 247 g/mol. The molecule has 1 aromatic carbocycles. The van der Waals surface area contributed by atoms with E-state index >= 15 is 0 Å². The van der Waals surface area contributed by atoms with Crippen molar-refractivity contribution in [3.05, 3.63) is 32.7 Å². The molecule has 0 aliphatic carbocycles. The van der Waals surface area contributed by atoms with Crippen molar-refractivity contribution in [2.24, 2.45) is 0 Å². The van der Waals surface area contributed by atoms with E-state index in [0.29, 0.717) is 0 Å². The first kappa shape index (κ1) is 7.29. The minimum atomic E-state index is 0.980. The fourth-order valence-electron chi connectivity index (χ4n) is 0.551. The van der Waals surface area contributed by atoms with E-state index in [0.717, 1.165) is 8.95 Å². The van der Waals surface area contributed by atoms with Crippen LogP contribution < -0.4 is 0 Å². The maximum Gasteiger partial charge on any atom is 0.0396 e. The predicted octanol–water partition coefficient (Wildman–Crippen LogP) is 3.32. The van der Waals surface area contributed by atoms with E-state index in [2.05, 4.69) is 37.9 Å². The molecule has 0 atom stereocenters. The lowest BCUT2D eigenvalue weighted by atomic mass is 10.2. The van der Waals surface area contributed by atoms with E-state index < -0.39 is 0 Å². The summed E-state index contributed by atoms with van der Waals surface area (Å²) in [5.74, 6) is 0. The lowest BCUT2D eigenvalue weighted by Gasteiger charge is -1.94. The van der Waals surface area contributed by atoms with Crippen LogP contribution in [0.1, 0.15) is 5.56 Å². The molecule has 9 heavy (non-hydrogen) atoms. The summed E-state index contributed by atoms with van der Waals surface area (Å²) in [5, 5.41) is 0. The molecule has 47 valence electrons. The molecule has 0 unspecified atom stereocenters. The first-order valence-corrected chi connectivity index (χ1v) is 4.12. The van der Waals surface area contributed by atoms with Crippen LogP contribution in [0.2, 0.25) is 0 Å². The molecule has 0 heterocycles. The van der Waals surface area contributed by atoms with Gasteiger partial charge in [-0.15, -0.1) is 0 Å². The number of halogens is 2. The number of hydrogen-bond donors (Lipinski definition) is 0. The van der Waals surface area contributed by atoms with Gasteiger partial charge < -0.3 is 0 Å². The van der Waals surface area contributed by atoms with Crippen LogP contribution in [-0.4, -0.2) is 0 Å². The molecule has 0 aliphatic rings. The highest BCUT2D eigenvalue weighted by Gasteiger charge is 1.93. The van der Waals surface area contributed by atoms with Gasteiger partial charge in [0.2, 0.25) is 0 Å². The molecule has 1 radical (unpaired) electrons. The molecule has 1 rings (SSSR count). The Labute approximate surface area is 71.5 Å². The van der Waals surface area contributed by atoms with Gasteiger partial charge in [-0.25, -0.2) is 0 Å². The quantitative estimate of drug-likeness (QED) is 0.661. The molecule has 0 spiro atoms. The Bertz CT molecular complexity index is 218. The molecule has 0 N–H and O–H groups in total. The van der Waals surface area contributed by atoms with Crippen molar-refractivity contribution in [3.63, 3.8) is 0 Å². The van der Waals surface area contributed by atoms with Gasteiger partial charge in [0.1, 0.15) is 0 Å². The topological polar surface area (TPSA) is 0 Å². The third-order valence-corrected chi connectivity index (χ3v) is 2.80. The fraction of sp³-hybridized carbons (Fsp3) is 0.143. The second-order valence-electron chi connectivity index (χ2n) is 1.84. The van der Waals surface area contributed by atoms with E-state index in [4.69, 9.17) is 0 Å². The number of aryl methyl sites for hydroxylation is 1. The fourth-order valence-corrected chi connectivity index (χ4v) is 1.26. The Hall–Kier alpha value is 0.180. The van der Waals surface area contributed by atoms with Crippen molar-refractivity contribution in [2.75, 3.05) is 0 Å². The molecule has 0 amide bonds. The first-order chi connectivity index (χ1) is 4.20. The van der Waals surface area contributed by atoms with E-state index in [9.17, 15) is 0 Å². The van der Waals surface area contributed by atoms with Crippen LogP contribution in [-0.2, 0) is 0 Å². The van der Waals surface area contributed by atoms with Crippen LogP contribution in [0.25, 0.3) is 0 Å². The molecule has 0 nitrogen and oxygen atoms in total. The molecule has 0 saturated heterocycles. The Kier molecular flexibility index (Phi) is 2.30. The summed E-state index contributed by atoms with van der Waals surface area (Å²) >= 11 is 6.69. The standard InChI is InChI=1S/C7H5Br2/c1-5-2-3-6(8)7(9)4-5/h2,4H,1H3. The van der Waals surface area contributed by atoms with Gasteiger partial charge in [-0.05, 0) is 56.5 Å². The highest BCUT2D eigenvalue weighted by atomic mass is 79.9. The largest absolute Gasteiger partial charge is 0.0502 e. The number of benzene rings is 1. The molecule has 2 heteroatoms. The summed E-state index contributed by atoms with van der Waals surface area (Å²) < 4.78 is 2.04. The maximum absolute atomic E-state index is 3.37. The Morgan fingerprint density at radius 1 is 1.44 bits per heavy atom. The zero-order valence-electron chi connectivity index (χ0n) is 4.91. The van der Waals surface area contributed by atoms with Crippen LogP contribution in [0.4, 0.5) is 0 Å². The van der Waals surface area contributed by atoms with Crippen molar-refractivity contribution in [1.29, 1.82) is 0 Å². The van der Waals surface area contributed by atoms with Crippen LogP contribution in [0.15, 0.2) is 21.1 Å². The van der Waals surface area contributed by atoms with E-state index in [1.54, 1.807) is 0 Å². The zero-order chi connectivity index (χ0) is 6.85. The summed E-state index contributed by atoms with van der Waals surface area (Å²) in [6.07, 6.45) is 0. The molecule has 0 bridgehead atoms. The molecule has 0 aromatic heterocycles. The SMILES string of the molecule is Cc1c[c]c(Br)c(Br)c1. The minimum absolute atomic E-state index is 0.980. The summed E-state index contributed by atoms with van der Waals surface area (Å²) in [6.45, 7) is 2.04. The number of rotatable bonds is 0. The molecular weight excluding hydrogens is 244 g/mol. The summed E-state index contributed by atoms with van der Waals surface area (Å²) in [6, 6.07) is 7.02. The second-order valence-corrected chi connectivity index (χ2v) is 3.49. The van der Waals surface area contributed by atoms with Gasteiger partial charge in [0.05, 0.1) is 0 Å². The highest BCUT2D eigenvalue weighted by Crippen LogP contribution is 2.22. The average molecular weight is 249 g/mol. The van der Waals surface area contributed by atoms with E-state index in [-0.39, 0.29) is 0 Å². The van der Waals surface area contributed by atoms with Gasteiger partial charge in [0.15, 0.2) is 0 Å². The van der Waals surface area contributed by atoms with Crippen LogP contribution in [0, 0.1) is 13.0 Å². The number of hydrogen-bond acceptors (Lipinski definition) is 0. The van der Waals surface area contributed by atoms with Crippen molar-refractivity contribution in [3.8, 4) is 0 Å². The Morgan fingerprint density at radius 3 is 2.56 bits per heavy atom. The smallest absolute Gasteiger partial charge is 0.0396 e. The van der Waals surface area contributed by atoms with Crippen molar-refractivity contribution in [1.82, 2.24) is 0 Å². The average Bonchev–Trinajstić information content (AvgIpc) is 1.80. The van der Waals surface area contributed by atoms with Crippen LogP contribution >= 0.6 is 31.9 Å². The third kappa shape index (κ3) is 1.80. The highest BCUT2D eigenvalue weighted by molar-refractivity contribution is 9.13. The van der Waals surface area contributed by atoms with Crippen molar-refractivity contribution < 1.29 is 0 Å². The molecule has 0 aliphatic heterocycles. The van der Waals surface area contributed by atoms with Gasteiger partial charge in [-0.2, -0.15) is 0 Å². The zero-order valence-corrected chi connectivity index (χ0v) is 8.08. The van der Waals surface area contributed by atoms with Gasteiger partial charge in [-0.3, -0.25) is 0 Å². The molecular formula is C7H5Br2. The lowest BCUT2D eigenvalue weighted by molar-refractivity contribution is 1.42. The summed E-state index contributed by atoms with van der Waals surface area (Å²) in [7, 11) is 0. The predicted molar refractivity (Wildman–Crippen MR) is 45.4 cm³/mol. The minimum Gasteiger partial charge on any atom is -0.0502 e. The Balaban J connectivity index is 3.17. The summed E-state index contributed by atoms with van der Waals surface area (Å²) in [5.41, 5.74) is 1.21. The van der Waals surface area contributed by atoms with Gasteiger partial charge in [0.25, 0.3) is 0 Å². The van der Waals surface area contributed by atoms with E-state index in [1.807, 2.05) is 19.1 Å². The van der Waals surface area contributed by atoms with Crippen molar-refractivity contribution in [2.45, 2.75) is 6.92 Å².